The van der Waals surface area contributed by atoms with E-state index in [4.69, 9.17) is 0 Å². The van der Waals surface area contributed by atoms with Crippen molar-refractivity contribution in [2.24, 2.45) is 11.3 Å². The molecule has 120 valence electrons. The Morgan fingerprint density at radius 3 is 3.04 bits per heavy atom. The van der Waals surface area contributed by atoms with Gasteiger partial charge in [0, 0.05) is 19.2 Å². The number of hydrogen-bond donors (Lipinski definition) is 2. The van der Waals surface area contributed by atoms with Gasteiger partial charge in [-0.15, -0.1) is 10.2 Å². The summed E-state index contributed by atoms with van der Waals surface area (Å²) in [5.74, 6) is -0.162. The van der Waals surface area contributed by atoms with Gasteiger partial charge in [0.15, 0.2) is 5.65 Å². The highest BCUT2D eigenvalue weighted by Gasteiger charge is 2.51. The third-order valence-electron chi connectivity index (χ3n) is 5.35. The van der Waals surface area contributed by atoms with Crippen molar-refractivity contribution in [3.05, 3.63) is 24.2 Å². The molecule has 2 N–H and O–H groups in total. The number of aryl methyl sites for hydroxylation is 1. The number of amides is 2. The fraction of sp³-hybridized carbons (Fsp3) is 0.500. The quantitative estimate of drug-likeness (QED) is 0.874. The van der Waals surface area contributed by atoms with Crippen LogP contribution in [0.25, 0.3) is 5.65 Å². The summed E-state index contributed by atoms with van der Waals surface area (Å²) in [6.45, 7) is 2.35. The van der Waals surface area contributed by atoms with Crippen LogP contribution in [0.4, 0.5) is 5.69 Å². The van der Waals surface area contributed by atoms with Crippen LogP contribution in [0.2, 0.25) is 0 Å². The van der Waals surface area contributed by atoms with Crippen molar-refractivity contribution in [3.8, 4) is 0 Å². The smallest absolute Gasteiger partial charge is 0.229 e. The molecule has 1 aliphatic carbocycles. The average Bonchev–Trinajstić information content (AvgIpc) is 2.97. The van der Waals surface area contributed by atoms with Gasteiger partial charge >= 0.3 is 0 Å². The third-order valence-corrected chi connectivity index (χ3v) is 5.35. The SMILES string of the molecule is Cc1ccn2cnnc2c1NC(=O)C1CNC(=O)CC12CCC2. The maximum atomic E-state index is 12.9. The van der Waals surface area contributed by atoms with Gasteiger partial charge in [0.2, 0.25) is 11.8 Å². The van der Waals surface area contributed by atoms with Gasteiger partial charge in [0.25, 0.3) is 0 Å². The number of pyridine rings is 1. The minimum atomic E-state index is -0.184. The van der Waals surface area contributed by atoms with Crippen LogP contribution in [0.5, 0.6) is 0 Å². The number of rotatable bonds is 2. The second-order valence-corrected chi connectivity index (χ2v) is 6.67. The molecule has 4 rings (SSSR count). The first kappa shape index (κ1) is 14.2. The lowest BCUT2D eigenvalue weighted by molar-refractivity contribution is -0.138. The molecule has 1 unspecified atom stereocenters. The van der Waals surface area contributed by atoms with Crippen LogP contribution in [-0.2, 0) is 9.59 Å². The zero-order valence-electron chi connectivity index (χ0n) is 13.0. The summed E-state index contributed by atoms with van der Waals surface area (Å²) in [5, 5.41) is 13.9. The lowest BCUT2D eigenvalue weighted by Crippen LogP contribution is -2.55. The van der Waals surface area contributed by atoms with Gasteiger partial charge in [-0.2, -0.15) is 0 Å². The van der Waals surface area contributed by atoms with Gasteiger partial charge in [-0.05, 0) is 36.8 Å². The zero-order valence-corrected chi connectivity index (χ0v) is 13.0. The van der Waals surface area contributed by atoms with Crippen LogP contribution in [0.1, 0.15) is 31.2 Å². The van der Waals surface area contributed by atoms with Gasteiger partial charge in [0.05, 0.1) is 11.6 Å². The molecular formula is C16H19N5O2. The minimum absolute atomic E-state index is 0.0381. The number of fused-ring (bicyclic) bond motifs is 1. The van der Waals surface area contributed by atoms with Crippen LogP contribution in [0, 0.1) is 18.3 Å². The van der Waals surface area contributed by atoms with Crippen LogP contribution in [0.3, 0.4) is 0 Å². The van der Waals surface area contributed by atoms with Crippen molar-refractivity contribution in [1.82, 2.24) is 19.9 Å². The Labute approximate surface area is 133 Å². The molecule has 0 bridgehead atoms. The molecule has 1 saturated carbocycles. The highest BCUT2D eigenvalue weighted by atomic mass is 16.2. The standard InChI is InChI=1S/C16H19N5O2/c1-10-3-6-21-9-18-20-14(21)13(10)19-15(23)11-8-17-12(22)7-16(11)4-2-5-16/h3,6,9,11H,2,4-5,7-8H2,1H3,(H,17,22)(H,19,23). The molecule has 0 radical (unpaired) electrons. The second kappa shape index (κ2) is 5.04. The van der Waals surface area contributed by atoms with E-state index in [2.05, 4.69) is 20.8 Å². The van der Waals surface area contributed by atoms with Crippen molar-refractivity contribution in [2.45, 2.75) is 32.6 Å². The number of carbonyl (C=O) groups excluding carboxylic acids is 2. The molecule has 2 fully saturated rings. The van der Waals surface area contributed by atoms with E-state index in [-0.39, 0.29) is 23.1 Å². The fourth-order valence-corrected chi connectivity index (χ4v) is 3.81. The largest absolute Gasteiger partial charge is 0.355 e. The number of anilines is 1. The van der Waals surface area contributed by atoms with Crippen molar-refractivity contribution in [2.75, 3.05) is 11.9 Å². The third kappa shape index (κ3) is 2.18. The van der Waals surface area contributed by atoms with E-state index in [0.717, 1.165) is 24.8 Å². The van der Waals surface area contributed by atoms with E-state index in [1.54, 1.807) is 10.7 Å². The molecule has 2 aromatic rings. The topological polar surface area (TPSA) is 88.4 Å². The van der Waals surface area contributed by atoms with Crippen LogP contribution < -0.4 is 10.6 Å². The minimum Gasteiger partial charge on any atom is -0.355 e. The predicted octanol–water partition coefficient (Wildman–Crippen LogP) is 1.28. The average molecular weight is 313 g/mol. The molecule has 7 heteroatoms. The molecule has 2 aromatic heterocycles. The molecule has 2 aliphatic rings. The van der Waals surface area contributed by atoms with Crippen LogP contribution in [-0.4, -0.2) is 33.0 Å². The highest BCUT2D eigenvalue weighted by Crippen LogP contribution is 2.51. The molecule has 1 atom stereocenters. The van der Waals surface area contributed by atoms with Crippen LogP contribution >= 0.6 is 0 Å². The number of nitrogens with one attached hydrogen (secondary N) is 2. The van der Waals surface area contributed by atoms with Crippen molar-refractivity contribution in [3.63, 3.8) is 0 Å². The Kier molecular flexibility index (Phi) is 3.11. The summed E-state index contributed by atoms with van der Waals surface area (Å²) >= 11 is 0. The fourth-order valence-electron chi connectivity index (χ4n) is 3.81. The molecule has 1 spiro atoms. The maximum absolute atomic E-state index is 12.9. The number of carbonyl (C=O) groups is 2. The summed E-state index contributed by atoms with van der Waals surface area (Å²) < 4.78 is 1.78. The lowest BCUT2D eigenvalue weighted by atomic mass is 9.57. The molecule has 0 aromatic carbocycles. The van der Waals surface area contributed by atoms with E-state index in [9.17, 15) is 9.59 Å². The van der Waals surface area contributed by atoms with E-state index in [0.29, 0.717) is 24.3 Å². The monoisotopic (exact) mass is 313 g/mol. The molecule has 3 heterocycles. The number of piperidine rings is 1. The lowest BCUT2D eigenvalue weighted by Gasteiger charge is -2.49. The summed E-state index contributed by atoms with van der Waals surface area (Å²) in [5.41, 5.74) is 2.13. The van der Waals surface area contributed by atoms with Crippen molar-refractivity contribution in [1.29, 1.82) is 0 Å². The predicted molar refractivity (Wildman–Crippen MR) is 83.8 cm³/mol. The first-order valence-electron chi connectivity index (χ1n) is 7.96. The Morgan fingerprint density at radius 1 is 1.48 bits per heavy atom. The Hall–Kier alpha value is -2.44. The number of aromatic nitrogens is 3. The van der Waals surface area contributed by atoms with Gasteiger partial charge in [0.1, 0.15) is 6.33 Å². The molecule has 2 amide bonds. The van der Waals surface area contributed by atoms with Crippen molar-refractivity contribution >= 4 is 23.1 Å². The van der Waals surface area contributed by atoms with Gasteiger partial charge in [-0.3, -0.25) is 14.0 Å². The normalized spacial score (nSPS) is 22.7. The van der Waals surface area contributed by atoms with E-state index in [1.165, 1.54) is 0 Å². The van der Waals surface area contributed by atoms with Gasteiger partial charge < -0.3 is 10.6 Å². The zero-order chi connectivity index (χ0) is 16.0. The Balaban J connectivity index is 1.63. The highest BCUT2D eigenvalue weighted by molar-refractivity contribution is 5.98. The Morgan fingerprint density at radius 2 is 2.30 bits per heavy atom. The summed E-state index contributed by atoms with van der Waals surface area (Å²) in [6.07, 6.45) is 6.93. The van der Waals surface area contributed by atoms with Gasteiger partial charge in [-0.1, -0.05) is 6.42 Å². The van der Waals surface area contributed by atoms with E-state index >= 15 is 0 Å². The van der Waals surface area contributed by atoms with Crippen molar-refractivity contribution < 1.29 is 9.59 Å². The summed E-state index contributed by atoms with van der Waals surface area (Å²) in [7, 11) is 0. The molecule has 23 heavy (non-hydrogen) atoms. The van der Waals surface area contributed by atoms with Gasteiger partial charge in [-0.25, -0.2) is 0 Å². The maximum Gasteiger partial charge on any atom is 0.229 e. The molecule has 7 nitrogen and oxygen atoms in total. The number of nitrogens with zero attached hydrogens (tertiary/aromatic N) is 3. The summed E-state index contributed by atoms with van der Waals surface area (Å²) in [6, 6.07) is 1.92. The molecule has 1 aliphatic heterocycles. The van der Waals surface area contributed by atoms with E-state index < -0.39 is 0 Å². The Bertz CT molecular complexity index is 793. The van der Waals surface area contributed by atoms with E-state index in [1.807, 2.05) is 19.2 Å². The first-order valence-corrected chi connectivity index (χ1v) is 7.96. The number of hydrogen-bond acceptors (Lipinski definition) is 4. The molecule has 1 saturated heterocycles. The van der Waals surface area contributed by atoms with Crippen LogP contribution in [0.15, 0.2) is 18.6 Å². The molecular weight excluding hydrogens is 294 g/mol. The summed E-state index contributed by atoms with van der Waals surface area (Å²) in [4.78, 5) is 24.6. The second-order valence-electron chi connectivity index (χ2n) is 6.67. The first-order chi connectivity index (χ1) is 11.1.